The van der Waals surface area contributed by atoms with E-state index in [1.165, 1.54) is 18.7 Å². The molecular weight excluding hydrogens is 268 g/mol. The zero-order valence-electron chi connectivity index (χ0n) is 12.4. The third-order valence-corrected chi connectivity index (χ3v) is 2.99. The highest BCUT2D eigenvalue weighted by Crippen LogP contribution is 2.06. The number of aryl methyl sites for hydroxylation is 1. The third kappa shape index (κ3) is 6.72. The van der Waals surface area contributed by atoms with E-state index in [0.717, 1.165) is 6.42 Å². The van der Waals surface area contributed by atoms with Gasteiger partial charge in [-0.05, 0) is 25.3 Å². The molecule has 0 aliphatic carbocycles. The first-order chi connectivity index (χ1) is 10.0. The Labute approximate surface area is 125 Å². The van der Waals surface area contributed by atoms with Crippen LogP contribution in [0.1, 0.15) is 18.9 Å². The first kappa shape index (κ1) is 16.9. The van der Waals surface area contributed by atoms with Gasteiger partial charge in [0.1, 0.15) is 0 Å². The Morgan fingerprint density at radius 2 is 2.00 bits per heavy atom. The highest BCUT2D eigenvalue weighted by molar-refractivity contribution is 5.83. The molecule has 0 saturated heterocycles. The van der Waals surface area contributed by atoms with Crippen LogP contribution in [0.25, 0.3) is 0 Å². The van der Waals surface area contributed by atoms with Crippen LogP contribution in [0.5, 0.6) is 0 Å². The van der Waals surface area contributed by atoms with Crippen molar-refractivity contribution in [3.63, 3.8) is 0 Å². The van der Waals surface area contributed by atoms with Crippen molar-refractivity contribution in [3.05, 3.63) is 48.0 Å². The number of nitrogens with two attached hydrogens (primary N) is 1. The highest BCUT2D eigenvalue weighted by atomic mass is 16.5. The van der Waals surface area contributed by atoms with E-state index in [4.69, 9.17) is 5.73 Å². The molecule has 0 fully saturated rings. The summed E-state index contributed by atoms with van der Waals surface area (Å²) in [5.74, 6) is -0.697. The van der Waals surface area contributed by atoms with Crippen LogP contribution in [-0.2, 0) is 20.7 Å². The summed E-state index contributed by atoms with van der Waals surface area (Å²) in [5, 5.41) is 2.81. The Morgan fingerprint density at radius 1 is 1.33 bits per heavy atom. The number of hydrogen-bond donors (Lipinski definition) is 2. The van der Waals surface area contributed by atoms with E-state index in [1.807, 2.05) is 30.3 Å². The molecule has 0 spiro atoms. The van der Waals surface area contributed by atoms with Crippen molar-refractivity contribution in [3.8, 4) is 0 Å². The number of methoxy groups -OCH3 is 1. The minimum absolute atomic E-state index is 0.248. The molecule has 0 unspecified atom stereocenters. The van der Waals surface area contributed by atoms with E-state index in [0.29, 0.717) is 6.42 Å². The Kier molecular flexibility index (Phi) is 7.18. The predicted molar refractivity (Wildman–Crippen MR) is 81.5 cm³/mol. The molecule has 0 bridgehead atoms. The van der Waals surface area contributed by atoms with Gasteiger partial charge in [-0.25, -0.2) is 4.79 Å². The molecule has 21 heavy (non-hydrogen) atoms. The quantitative estimate of drug-likeness (QED) is 0.583. The molecular formula is C16H22N2O3. The van der Waals surface area contributed by atoms with Gasteiger partial charge < -0.3 is 15.8 Å². The lowest BCUT2D eigenvalue weighted by Gasteiger charge is -2.16. The van der Waals surface area contributed by atoms with Gasteiger partial charge in [-0.2, -0.15) is 0 Å². The standard InChI is InChI=1S/C16H22N2O3/c1-12(17)16(20)18-14(10-11-15(19)21-2)9-8-13-6-4-3-5-7-13/h3-7,10-12,14H,8-9,17H2,1-2H3,(H,18,20)/b11-10+/t12-,14-/m0/s1. The van der Waals surface area contributed by atoms with Crippen LogP contribution in [0, 0.1) is 0 Å². The van der Waals surface area contributed by atoms with Gasteiger partial charge >= 0.3 is 5.97 Å². The van der Waals surface area contributed by atoms with Crippen molar-refractivity contribution in [2.75, 3.05) is 7.11 Å². The maximum absolute atomic E-state index is 11.7. The number of benzene rings is 1. The summed E-state index contributed by atoms with van der Waals surface area (Å²) in [5.41, 5.74) is 6.72. The summed E-state index contributed by atoms with van der Waals surface area (Å²) in [7, 11) is 1.31. The predicted octanol–water partition coefficient (Wildman–Crippen LogP) is 1.18. The van der Waals surface area contributed by atoms with E-state index in [9.17, 15) is 9.59 Å². The summed E-state index contributed by atoms with van der Waals surface area (Å²) in [6.07, 6.45) is 4.42. The van der Waals surface area contributed by atoms with E-state index in [1.54, 1.807) is 13.0 Å². The van der Waals surface area contributed by atoms with Crippen LogP contribution >= 0.6 is 0 Å². The maximum atomic E-state index is 11.7. The lowest BCUT2D eigenvalue weighted by atomic mass is 10.0. The molecule has 0 radical (unpaired) electrons. The molecule has 114 valence electrons. The number of amides is 1. The smallest absolute Gasteiger partial charge is 0.330 e. The van der Waals surface area contributed by atoms with Gasteiger partial charge in [0.15, 0.2) is 0 Å². The van der Waals surface area contributed by atoms with Crippen molar-refractivity contribution in [2.24, 2.45) is 5.73 Å². The molecule has 0 saturated carbocycles. The highest BCUT2D eigenvalue weighted by Gasteiger charge is 2.13. The Morgan fingerprint density at radius 3 is 2.57 bits per heavy atom. The van der Waals surface area contributed by atoms with E-state index >= 15 is 0 Å². The number of carbonyl (C=O) groups is 2. The number of esters is 1. The van der Waals surface area contributed by atoms with Crippen LogP contribution in [0.4, 0.5) is 0 Å². The molecule has 1 rings (SSSR count). The molecule has 1 amide bonds. The van der Waals surface area contributed by atoms with Crippen LogP contribution in [0.3, 0.4) is 0 Å². The van der Waals surface area contributed by atoms with Crippen molar-refractivity contribution in [2.45, 2.75) is 31.8 Å². The number of ether oxygens (including phenoxy) is 1. The average Bonchev–Trinajstić information content (AvgIpc) is 2.50. The maximum Gasteiger partial charge on any atom is 0.330 e. The molecule has 1 aromatic rings. The normalized spacial score (nSPS) is 13.7. The number of rotatable bonds is 7. The first-order valence-electron chi connectivity index (χ1n) is 6.89. The third-order valence-electron chi connectivity index (χ3n) is 2.99. The molecule has 2 atom stereocenters. The van der Waals surface area contributed by atoms with E-state index in [-0.39, 0.29) is 11.9 Å². The fourth-order valence-corrected chi connectivity index (χ4v) is 1.76. The summed E-state index contributed by atoms with van der Waals surface area (Å²) < 4.78 is 4.55. The minimum Gasteiger partial charge on any atom is -0.466 e. The SMILES string of the molecule is COC(=O)/C=C/[C@H](CCc1ccccc1)NC(=O)[C@H](C)N. The van der Waals surface area contributed by atoms with Gasteiger partial charge in [0.25, 0.3) is 0 Å². The molecule has 0 aromatic heterocycles. The summed E-state index contributed by atoms with van der Waals surface area (Å²) >= 11 is 0. The Bertz CT molecular complexity index is 484. The molecule has 3 N–H and O–H groups in total. The molecule has 5 heteroatoms. The molecule has 1 aromatic carbocycles. The summed E-state index contributed by atoms with van der Waals surface area (Å²) in [6.45, 7) is 1.62. The Hall–Kier alpha value is -2.14. The topological polar surface area (TPSA) is 81.4 Å². The average molecular weight is 290 g/mol. The fraction of sp³-hybridized carbons (Fsp3) is 0.375. The molecule has 5 nitrogen and oxygen atoms in total. The van der Waals surface area contributed by atoms with Crippen molar-refractivity contribution < 1.29 is 14.3 Å². The zero-order valence-corrected chi connectivity index (χ0v) is 12.4. The minimum atomic E-state index is -0.587. The monoisotopic (exact) mass is 290 g/mol. The second-order valence-corrected chi connectivity index (χ2v) is 4.81. The lowest BCUT2D eigenvalue weighted by molar-refractivity contribution is -0.135. The molecule has 0 aliphatic rings. The van der Waals surface area contributed by atoms with Crippen LogP contribution < -0.4 is 11.1 Å². The number of carbonyl (C=O) groups excluding carboxylic acids is 2. The van der Waals surface area contributed by atoms with Gasteiger partial charge in [-0.1, -0.05) is 36.4 Å². The summed E-state index contributed by atoms with van der Waals surface area (Å²) in [6, 6.07) is 9.09. The van der Waals surface area contributed by atoms with Crippen molar-refractivity contribution >= 4 is 11.9 Å². The van der Waals surface area contributed by atoms with E-state index < -0.39 is 12.0 Å². The van der Waals surface area contributed by atoms with Gasteiger partial charge in [0.2, 0.25) is 5.91 Å². The van der Waals surface area contributed by atoms with Gasteiger partial charge in [-0.3, -0.25) is 4.79 Å². The van der Waals surface area contributed by atoms with Gasteiger partial charge in [0, 0.05) is 12.1 Å². The largest absolute Gasteiger partial charge is 0.466 e. The van der Waals surface area contributed by atoms with Crippen LogP contribution in [-0.4, -0.2) is 31.1 Å². The fourth-order valence-electron chi connectivity index (χ4n) is 1.76. The van der Waals surface area contributed by atoms with Crippen molar-refractivity contribution in [1.29, 1.82) is 0 Å². The van der Waals surface area contributed by atoms with Crippen LogP contribution in [0.2, 0.25) is 0 Å². The summed E-state index contributed by atoms with van der Waals surface area (Å²) in [4.78, 5) is 22.9. The Balaban J connectivity index is 2.64. The first-order valence-corrected chi connectivity index (χ1v) is 6.89. The second kappa shape index (κ2) is 8.92. The number of nitrogens with one attached hydrogen (secondary N) is 1. The van der Waals surface area contributed by atoms with Gasteiger partial charge in [0.05, 0.1) is 13.2 Å². The van der Waals surface area contributed by atoms with Crippen molar-refractivity contribution in [1.82, 2.24) is 5.32 Å². The van der Waals surface area contributed by atoms with E-state index in [2.05, 4.69) is 10.1 Å². The van der Waals surface area contributed by atoms with Gasteiger partial charge in [-0.15, -0.1) is 0 Å². The zero-order chi connectivity index (χ0) is 15.7. The lowest BCUT2D eigenvalue weighted by Crippen LogP contribution is -2.43. The van der Waals surface area contributed by atoms with Crippen LogP contribution in [0.15, 0.2) is 42.5 Å². The second-order valence-electron chi connectivity index (χ2n) is 4.81. The number of hydrogen-bond acceptors (Lipinski definition) is 4. The molecule has 0 aliphatic heterocycles. The molecule has 0 heterocycles.